The first kappa shape index (κ1) is 24.5. The summed E-state index contributed by atoms with van der Waals surface area (Å²) in [5, 5.41) is 12.2. The van der Waals surface area contributed by atoms with Gasteiger partial charge in [0.05, 0.1) is 31.8 Å². The molecule has 0 unspecified atom stereocenters. The van der Waals surface area contributed by atoms with E-state index in [9.17, 15) is 4.39 Å². The van der Waals surface area contributed by atoms with Crippen LogP contribution in [0.5, 0.6) is 11.5 Å². The van der Waals surface area contributed by atoms with Crippen LogP contribution in [-0.2, 0) is 6.54 Å². The van der Waals surface area contributed by atoms with Crippen LogP contribution < -0.4 is 14.8 Å². The van der Waals surface area contributed by atoms with Crippen LogP contribution in [0, 0.1) is 17.1 Å². The first-order valence-corrected chi connectivity index (χ1v) is 9.02. The highest BCUT2D eigenvalue weighted by molar-refractivity contribution is 14.0. The van der Waals surface area contributed by atoms with Crippen molar-refractivity contribution in [2.24, 2.45) is 4.99 Å². The zero-order valence-corrected chi connectivity index (χ0v) is 19.1. The summed E-state index contributed by atoms with van der Waals surface area (Å²) in [5.74, 6) is 1.80. The lowest BCUT2D eigenvalue weighted by molar-refractivity contribution is 0.281. The van der Waals surface area contributed by atoms with Crippen molar-refractivity contribution in [3.8, 4) is 17.6 Å². The van der Waals surface area contributed by atoms with Crippen molar-refractivity contribution in [1.29, 1.82) is 5.26 Å². The maximum atomic E-state index is 13.9. The van der Waals surface area contributed by atoms with E-state index in [1.54, 1.807) is 7.11 Å². The molecule has 0 heterocycles. The second-order valence-corrected chi connectivity index (χ2v) is 6.03. The van der Waals surface area contributed by atoms with Gasteiger partial charge in [-0.2, -0.15) is 5.26 Å². The number of guanidine groups is 1. The molecule has 2 rings (SSSR count). The molecule has 2 aromatic rings. The summed E-state index contributed by atoms with van der Waals surface area (Å²) in [6, 6.07) is 13.7. The number of hydrogen-bond acceptors (Lipinski definition) is 4. The lowest BCUT2D eigenvalue weighted by Gasteiger charge is -2.22. The summed E-state index contributed by atoms with van der Waals surface area (Å²) >= 11 is 0. The Balaban J connectivity index is 0.00000420. The molecule has 6 nitrogen and oxygen atoms in total. The fourth-order valence-electron chi connectivity index (χ4n) is 2.47. The number of nitrogens with one attached hydrogen (secondary N) is 1. The summed E-state index contributed by atoms with van der Waals surface area (Å²) in [6.45, 7) is 3.86. The van der Waals surface area contributed by atoms with E-state index < -0.39 is 0 Å². The third-order valence-corrected chi connectivity index (χ3v) is 4.03. The van der Waals surface area contributed by atoms with Crippen LogP contribution in [0.2, 0.25) is 0 Å². The predicted octanol–water partition coefficient (Wildman–Crippen LogP) is 3.80. The van der Waals surface area contributed by atoms with Gasteiger partial charge in [0.1, 0.15) is 23.9 Å². The zero-order chi connectivity index (χ0) is 20.4. The molecule has 0 bridgehead atoms. The van der Waals surface area contributed by atoms with Crippen LogP contribution >= 0.6 is 24.0 Å². The highest BCUT2D eigenvalue weighted by atomic mass is 127. The first-order valence-electron chi connectivity index (χ1n) is 9.02. The predicted molar refractivity (Wildman–Crippen MR) is 122 cm³/mol. The largest absolute Gasteiger partial charge is 0.497 e. The van der Waals surface area contributed by atoms with E-state index in [1.807, 2.05) is 49.2 Å². The number of aliphatic imine (C=N–C) groups is 1. The van der Waals surface area contributed by atoms with Crippen molar-refractivity contribution in [1.82, 2.24) is 10.2 Å². The average Bonchev–Trinajstić information content (AvgIpc) is 2.72. The summed E-state index contributed by atoms with van der Waals surface area (Å²) in [6.07, 6.45) is 0. The van der Waals surface area contributed by atoms with Crippen molar-refractivity contribution < 1.29 is 13.9 Å². The Morgan fingerprint density at radius 2 is 1.90 bits per heavy atom. The minimum absolute atomic E-state index is 0. The molecule has 156 valence electrons. The molecular formula is C21H26FIN4O2. The smallest absolute Gasteiger partial charge is 0.194 e. The van der Waals surface area contributed by atoms with E-state index >= 15 is 0 Å². The monoisotopic (exact) mass is 512 g/mol. The fourth-order valence-corrected chi connectivity index (χ4v) is 2.47. The Bertz CT molecular complexity index is 838. The van der Waals surface area contributed by atoms with Gasteiger partial charge in [-0.15, -0.1) is 24.0 Å². The van der Waals surface area contributed by atoms with Crippen LogP contribution in [0.4, 0.5) is 4.39 Å². The Kier molecular flexibility index (Phi) is 10.8. The lowest BCUT2D eigenvalue weighted by atomic mass is 10.1. The number of benzene rings is 2. The van der Waals surface area contributed by atoms with Gasteiger partial charge in [-0.1, -0.05) is 0 Å². The molecule has 0 fully saturated rings. The molecule has 0 amide bonds. The number of rotatable bonds is 8. The van der Waals surface area contributed by atoms with Crippen molar-refractivity contribution in [2.45, 2.75) is 13.5 Å². The number of ether oxygens (including phenoxy) is 2. The number of hydrogen-bond donors (Lipinski definition) is 1. The third kappa shape index (κ3) is 7.77. The molecule has 0 saturated carbocycles. The molecule has 2 aromatic carbocycles. The van der Waals surface area contributed by atoms with Gasteiger partial charge in [0.2, 0.25) is 0 Å². The Morgan fingerprint density at radius 1 is 1.21 bits per heavy atom. The highest BCUT2D eigenvalue weighted by Crippen LogP contribution is 2.17. The average molecular weight is 512 g/mol. The minimum Gasteiger partial charge on any atom is -0.497 e. The van der Waals surface area contributed by atoms with Gasteiger partial charge in [-0.3, -0.25) is 0 Å². The standard InChI is InChI=1S/C21H25FN4O2.HI/c1-4-24-21(25-15-17-13-16(14-23)5-10-20(17)22)26(2)11-12-28-19-8-6-18(27-3)7-9-19;/h5-10,13H,4,11-12,15H2,1-3H3,(H,24,25);1H. The van der Waals surface area contributed by atoms with Crippen molar-refractivity contribution in [3.05, 3.63) is 59.4 Å². The highest BCUT2D eigenvalue weighted by Gasteiger charge is 2.08. The first-order chi connectivity index (χ1) is 13.6. The van der Waals surface area contributed by atoms with E-state index in [2.05, 4.69) is 10.3 Å². The molecule has 29 heavy (non-hydrogen) atoms. The summed E-state index contributed by atoms with van der Waals surface area (Å²) in [4.78, 5) is 6.39. The molecule has 0 radical (unpaired) electrons. The number of nitriles is 1. The van der Waals surface area contributed by atoms with Crippen LogP contribution in [0.3, 0.4) is 0 Å². The Labute approximate surface area is 188 Å². The molecule has 0 saturated heterocycles. The molecule has 0 spiro atoms. The van der Waals surface area contributed by atoms with Crippen LogP contribution in [0.15, 0.2) is 47.5 Å². The van der Waals surface area contributed by atoms with Gasteiger partial charge in [0.25, 0.3) is 0 Å². The lowest BCUT2D eigenvalue weighted by Crippen LogP contribution is -2.40. The van der Waals surface area contributed by atoms with Crippen molar-refractivity contribution in [3.63, 3.8) is 0 Å². The van der Waals surface area contributed by atoms with Crippen molar-refractivity contribution >= 4 is 29.9 Å². The molecule has 8 heteroatoms. The maximum absolute atomic E-state index is 13.9. The number of likely N-dealkylation sites (N-methyl/N-ethyl adjacent to an activating group) is 1. The SMILES string of the molecule is CCNC(=NCc1cc(C#N)ccc1F)N(C)CCOc1ccc(OC)cc1.I. The second-order valence-electron chi connectivity index (χ2n) is 6.03. The third-order valence-electron chi connectivity index (χ3n) is 4.03. The van der Waals surface area contributed by atoms with E-state index in [0.29, 0.717) is 36.8 Å². The Morgan fingerprint density at radius 3 is 2.52 bits per heavy atom. The number of halogens is 2. The van der Waals surface area contributed by atoms with Gasteiger partial charge in [-0.25, -0.2) is 9.38 Å². The molecule has 0 atom stereocenters. The topological polar surface area (TPSA) is 69.9 Å². The summed E-state index contributed by atoms with van der Waals surface area (Å²) < 4.78 is 24.8. The van der Waals surface area contributed by atoms with Crippen molar-refractivity contribution in [2.75, 3.05) is 33.9 Å². The minimum atomic E-state index is -0.371. The molecule has 1 N–H and O–H groups in total. The summed E-state index contributed by atoms with van der Waals surface area (Å²) in [7, 11) is 3.51. The van der Waals surface area contributed by atoms with Gasteiger partial charge in [0, 0.05) is 19.2 Å². The molecular weight excluding hydrogens is 486 g/mol. The van der Waals surface area contributed by atoms with Crippen LogP contribution in [0.1, 0.15) is 18.1 Å². The number of nitrogens with zero attached hydrogens (tertiary/aromatic N) is 3. The van der Waals surface area contributed by atoms with Gasteiger partial charge in [-0.05, 0) is 49.4 Å². The maximum Gasteiger partial charge on any atom is 0.194 e. The van der Waals surface area contributed by atoms with Crippen LogP contribution in [-0.4, -0.2) is 44.7 Å². The van der Waals surface area contributed by atoms with E-state index in [-0.39, 0.29) is 36.3 Å². The second kappa shape index (κ2) is 12.8. The zero-order valence-electron chi connectivity index (χ0n) is 16.8. The van der Waals surface area contributed by atoms with Gasteiger partial charge >= 0.3 is 0 Å². The van der Waals surface area contributed by atoms with Gasteiger partial charge < -0.3 is 19.7 Å². The normalized spacial score (nSPS) is 10.5. The molecule has 0 aliphatic heterocycles. The molecule has 0 aromatic heterocycles. The quantitative estimate of drug-likeness (QED) is 0.331. The molecule has 0 aliphatic rings. The van der Waals surface area contributed by atoms with Gasteiger partial charge in [0.15, 0.2) is 5.96 Å². The van der Waals surface area contributed by atoms with E-state index in [0.717, 1.165) is 11.5 Å². The van der Waals surface area contributed by atoms with E-state index in [4.69, 9.17) is 14.7 Å². The number of methoxy groups -OCH3 is 1. The summed E-state index contributed by atoms with van der Waals surface area (Å²) in [5.41, 5.74) is 0.801. The molecule has 0 aliphatic carbocycles. The fraction of sp³-hybridized carbons (Fsp3) is 0.333. The van der Waals surface area contributed by atoms with E-state index in [1.165, 1.54) is 18.2 Å². The van der Waals surface area contributed by atoms with Crippen LogP contribution in [0.25, 0.3) is 0 Å². The Hall–Kier alpha value is -2.54.